The van der Waals surface area contributed by atoms with Crippen LogP contribution >= 0.6 is 0 Å². The topological polar surface area (TPSA) is 46.3 Å². The van der Waals surface area contributed by atoms with Crippen molar-refractivity contribution in [1.29, 1.82) is 0 Å². The molecule has 0 aliphatic rings. The number of aryl methyl sites for hydroxylation is 1. The van der Waals surface area contributed by atoms with E-state index < -0.39 is 0 Å². The van der Waals surface area contributed by atoms with Crippen LogP contribution in [0.3, 0.4) is 0 Å². The summed E-state index contributed by atoms with van der Waals surface area (Å²) in [5.74, 6) is 0.0692. The predicted octanol–water partition coefficient (Wildman–Crippen LogP) is 3.17. The van der Waals surface area contributed by atoms with Crippen LogP contribution in [-0.4, -0.2) is 12.5 Å². The van der Waals surface area contributed by atoms with E-state index in [0.29, 0.717) is 18.7 Å². The normalized spacial score (nSPS) is 10.3. The second-order valence-corrected chi connectivity index (χ2v) is 4.80. The van der Waals surface area contributed by atoms with Crippen LogP contribution in [0.1, 0.15) is 18.1 Å². The Morgan fingerprint density at radius 2 is 1.75 bits per heavy atom. The number of anilines is 2. The van der Waals surface area contributed by atoms with Crippen LogP contribution in [0.4, 0.5) is 11.4 Å². The Morgan fingerprint density at radius 3 is 2.40 bits per heavy atom. The second kappa shape index (κ2) is 6.24. The molecule has 1 amide bonds. The smallest absolute Gasteiger partial charge is 0.231 e. The summed E-state index contributed by atoms with van der Waals surface area (Å²) in [6.45, 7) is 4.59. The van der Waals surface area contributed by atoms with Crippen molar-refractivity contribution in [2.75, 3.05) is 17.2 Å². The Labute approximate surface area is 120 Å². The van der Waals surface area contributed by atoms with E-state index in [1.54, 1.807) is 4.90 Å². The maximum absolute atomic E-state index is 12.5. The Morgan fingerprint density at radius 1 is 1.10 bits per heavy atom. The van der Waals surface area contributed by atoms with Gasteiger partial charge in [-0.2, -0.15) is 0 Å². The first-order valence-electron chi connectivity index (χ1n) is 6.83. The average Bonchev–Trinajstić information content (AvgIpc) is 2.44. The molecule has 0 heterocycles. The van der Waals surface area contributed by atoms with Crippen molar-refractivity contribution in [3.05, 3.63) is 59.7 Å². The van der Waals surface area contributed by atoms with Crippen molar-refractivity contribution in [3.8, 4) is 0 Å². The van der Waals surface area contributed by atoms with E-state index in [4.69, 9.17) is 5.73 Å². The molecule has 0 aliphatic heterocycles. The number of rotatable bonds is 4. The number of para-hydroxylation sites is 2. The van der Waals surface area contributed by atoms with Crippen LogP contribution in [-0.2, 0) is 11.2 Å². The summed E-state index contributed by atoms with van der Waals surface area (Å²) in [6, 6.07) is 15.4. The van der Waals surface area contributed by atoms with Crippen LogP contribution in [0.25, 0.3) is 0 Å². The number of benzene rings is 2. The maximum atomic E-state index is 12.5. The molecule has 3 heteroatoms. The number of nitrogen functional groups attached to an aromatic ring is 1. The molecule has 0 atom stereocenters. The zero-order valence-electron chi connectivity index (χ0n) is 12.0. The molecule has 3 nitrogen and oxygen atoms in total. The molecule has 0 radical (unpaired) electrons. The molecule has 0 unspecified atom stereocenters. The molecule has 0 bridgehead atoms. The fourth-order valence-electron chi connectivity index (χ4n) is 2.28. The van der Waals surface area contributed by atoms with E-state index in [0.717, 1.165) is 16.8 Å². The molecule has 0 saturated carbocycles. The molecule has 2 N–H and O–H groups in total. The van der Waals surface area contributed by atoms with Crippen molar-refractivity contribution in [2.24, 2.45) is 0 Å². The zero-order valence-corrected chi connectivity index (χ0v) is 12.0. The van der Waals surface area contributed by atoms with Gasteiger partial charge in [0.1, 0.15) is 0 Å². The molecule has 0 aromatic heterocycles. The average molecular weight is 268 g/mol. The van der Waals surface area contributed by atoms with Gasteiger partial charge < -0.3 is 10.6 Å². The molecular weight excluding hydrogens is 248 g/mol. The lowest BCUT2D eigenvalue weighted by Crippen LogP contribution is -2.32. The summed E-state index contributed by atoms with van der Waals surface area (Å²) in [5.41, 5.74) is 9.58. The van der Waals surface area contributed by atoms with Crippen LogP contribution < -0.4 is 10.6 Å². The highest BCUT2D eigenvalue weighted by Crippen LogP contribution is 2.23. The monoisotopic (exact) mass is 268 g/mol. The summed E-state index contributed by atoms with van der Waals surface area (Å²) in [7, 11) is 0. The lowest BCUT2D eigenvalue weighted by atomic mass is 10.0. The summed E-state index contributed by atoms with van der Waals surface area (Å²) < 4.78 is 0. The molecule has 0 fully saturated rings. The Hall–Kier alpha value is -2.29. The third kappa shape index (κ3) is 2.99. The lowest BCUT2D eigenvalue weighted by molar-refractivity contribution is -0.117. The molecule has 0 aliphatic carbocycles. The molecule has 0 saturated heterocycles. The summed E-state index contributed by atoms with van der Waals surface area (Å²) >= 11 is 0. The Kier molecular flexibility index (Phi) is 4.41. The Balaban J connectivity index is 2.23. The van der Waals surface area contributed by atoms with E-state index >= 15 is 0 Å². The van der Waals surface area contributed by atoms with Crippen molar-refractivity contribution in [1.82, 2.24) is 0 Å². The standard InChI is InChI=1S/C17H20N2O/c1-3-19(16-11-7-6-10-15(16)18)17(20)12-14-9-5-4-8-13(14)2/h4-11H,3,12,18H2,1-2H3. The minimum absolute atomic E-state index is 0.0692. The third-order valence-corrected chi connectivity index (χ3v) is 3.45. The molecule has 2 rings (SSSR count). The number of amides is 1. The fraction of sp³-hybridized carbons (Fsp3) is 0.235. The van der Waals surface area contributed by atoms with Gasteiger partial charge in [0.25, 0.3) is 0 Å². The van der Waals surface area contributed by atoms with Crippen LogP contribution in [0.15, 0.2) is 48.5 Å². The molecule has 0 spiro atoms. The van der Waals surface area contributed by atoms with Crippen molar-refractivity contribution < 1.29 is 4.79 Å². The van der Waals surface area contributed by atoms with Gasteiger partial charge in [-0.3, -0.25) is 4.79 Å². The highest BCUT2D eigenvalue weighted by molar-refractivity contribution is 5.97. The first-order valence-corrected chi connectivity index (χ1v) is 6.83. The summed E-state index contributed by atoms with van der Waals surface area (Å²) in [6.07, 6.45) is 0.398. The van der Waals surface area contributed by atoms with Crippen LogP contribution in [0.2, 0.25) is 0 Å². The summed E-state index contributed by atoms with van der Waals surface area (Å²) in [4.78, 5) is 14.3. The first kappa shape index (κ1) is 14.1. The maximum Gasteiger partial charge on any atom is 0.231 e. The van der Waals surface area contributed by atoms with Gasteiger partial charge in [-0.1, -0.05) is 36.4 Å². The van der Waals surface area contributed by atoms with Crippen LogP contribution in [0.5, 0.6) is 0 Å². The van der Waals surface area contributed by atoms with Gasteiger partial charge in [0.15, 0.2) is 0 Å². The first-order chi connectivity index (χ1) is 9.63. The highest BCUT2D eigenvalue weighted by atomic mass is 16.2. The number of nitrogens with zero attached hydrogens (tertiary/aromatic N) is 1. The van der Waals surface area contributed by atoms with Gasteiger partial charge in [-0.15, -0.1) is 0 Å². The molecular formula is C17H20N2O. The van der Waals surface area contributed by atoms with Crippen LogP contribution in [0, 0.1) is 6.92 Å². The number of carbonyl (C=O) groups excluding carboxylic acids is 1. The lowest BCUT2D eigenvalue weighted by Gasteiger charge is -2.23. The highest BCUT2D eigenvalue weighted by Gasteiger charge is 2.16. The van der Waals surface area contributed by atoms with Gasteiger partial charge in [0, 0.05) is 6.54 Å². The largest absolute Gasteiger partial charge is 0.397 e. The van der Waals surface area contributed by atoms with Crippen molar-refractivity contribution >= 4 is 17.3 Å². The second-order valence-electron chi connectivity index (χ2n) is 4.80. The van der Waals surface area contributed by atoms with Gasteiger partial charge >= 0.3 is 0 Å². The van der Waals surface area contributed by atoms with E-state index in [9.17, 15) is 4.79 Å². The predicted molar refractivity (Wildman–Crippen MR) is 83.8 cm³/mol. The number of hydrogen-bond donors (Lipinski definition) is 1. The van der Waals surface area contributed by atoms with Gasteiger partial charge in [0.2, 0.25) is 5.91 Å². The zero-order chi connectivity index (χ0) is 14.5. The Bertz CT molecular complexity index is 607. The van der Waals surface area contributed by atoms with Crippen molar-refractivity contribution in [2.45, 2.75) is 20.3 Å². The van der Waals surface area contributed by atoms with E-state index in [1.807, 2.05) is 62.4 Å². The fourth-order valence-corrected chi connectivity index (χ4v) is 2.28. The SMILES string of the molecule is CCN(C(=O)Cc1ccccc1C)c1ccccc1N. The summed E-state index contributed by atoms with van der Waals surface area (Å²) in [5, 5.41) is 0. The third-order valence-electron chi connectivity index (χ3n) is 3.45. The van der Waals surface area contributed by atoms with E-state index in [1.165, 1.54) is 0 Å². The van der Waals surface area contributed by atoms with E-state index in [2.05, 4.69) is 0 Å². The molecule has 2 aromatic carbocycles. The van der Waals surface area contributed by atoms with E-state index in [-0.39, 0.29) is 5.91 Å². The molecule has 104 valence electrons. The van der Waals surface area contributed by atoms with Gasteiger partial charge in [-0.25, -0.2) is 0 Å². The van der Waals surface area contributed by atoms with Crippen molar-refractivity contribution in [3.63, 3.8) is 0 Å². The molecule has 20 heavy (non-hydrogen) atoms. The minimum atomic E-state index is 0.0692. The minimum Gasteiger partial charge on any atom is -0.397 e. The van der Waals surface area contributed by atoms with Gasteiger partial charge in [0.05, 0.1) is 17.8 Å². The number of nitrogens with two attached hydrogens (primary N) is 1. The van der Waals surface area contributed by atoms with Gasteiger partial charge in [-0.05, 0) is 37.1 Å². The number of carbonyl (C=O) groups is 1. The number of hydrogen-bond acceptors (Lipinski definition) is 2. The quantitative estimate of drug-likeness (QED) is 0.866. The molecule has 2 aromatic rings. The number of likely N-dealkylation sites (N-methyl/N-ethyl adjacent to an activating group) is 1.